The first-order chi connectivity index (χ1) is 12.1. The quantitative estimate of drug-likeness (QED) is 0.771. The molecule has 0 radical (unpaired) electrons. The van der Waals surface area contributed by atoms with E-state index < -0.39 is 0 Å². The molecule has 1 amide bonds. The van der Waals surface area contributed by atoms with Crippen LogP contribution in [-0.4, -0.2) is 66.8 Å². The van der Waals surface area contributed by atoms with Gasteiger partial charge in [0.05, 0.1) is 13.7 Å². The van der Waals surface area contributed by atoms with Crippen molar-refractivity contribution in [1.29, 1.82) is 0 Å². The average molecular weight is 346 g/mol. The molecule has 1 unspecified atom stereocenters. The number of aliphatic hydroxyl groups excluding tert-OH is 1. The third kappa shape index (κ3) is 5.06. The van der Waals surface area contributed by atoms with Crippen molar-refractivity contribution in [3.8, 4) is 5.75 Å². The second-order valence-corrected chi connectivity index (χ2v) is 6.36. The lowest BCUT2D eigenvalue weighted by Gasteiger charge is -2.38. The molecule has 0 aliphatic carbocycles. The molecule has 0 spiro atoms. The van der Waals surface area contributed by atoms with Crippen LogP contribution < -0.4 is 4.74 Å². The highest BCUT2D eigenvalue weighted by Crippen LogP contribution is 2.21. The van der Waals surface area contributed by atoms with Crippen LogP contribution in [0.4, 0.5) is 0 Å². The highest BCUT2D eigenvalue weighted by atomic mass is 16.5. The summed E-state index contributed by atoms with van der Waals surface area (Å²) in [5.74, 6) is 0.889. The zero-order chi connectivity index (χ0) is 18.2. The van der Waals surface area contributed by atoms with Crippen LogP contribution in [0.3, 0.4) is 0 Å². The fourth-order valence-electron chi connectivity index (χ4n) is 3.25. The van der Waals surface area contributed by atoms with Crippen LogP contribution in [0.1, 0.15) is 32.3 Å². The van der Waals surface area contributed by atoms with Crippen molar-refractivity contribution in [2.24, 2.45) is 0 Å². The minimum absolute atomic E-state index is 0.0735. The number of carbonyl (C=O) groups excluding carboxylic acids is 1. The van der Waals surface area contributed by atoms with Gasteiger partial charge in [0.2, 0.25) is 5.91 Å². The molecule has 1 fully saturated rings. The van der Waals surface area contributed by atoms with Gasteiger partial charge in [-0.2, -0.15) is 0 Å². The standard InChI is InChI=1S/C20H30N2O3/c1-4-16(17-6-8-19(25-3)9-7-17)14-20(24)22-12-10-21(11-13-22)18(5-2)15-23/h6-9,14,18,23H,4-5,10-13,15H2,1-3H3/b16-14-. The molecule has 0 aromatic heterocycles. The molecule has 5 heteroatoms. The Morgan fingerprint density at radius 1 is 1.20 bits per heavy atom. The van der Waals surface area contributed by atoms with Crippen molar-refractivity contribution in [3.63, 3.8) is 0 Å². The maximum atomic E-state index is 12.6. The van der Waals surface area contributed by atoms with Gasteiger partial charge in [0.15, 0.2) is 0 Å². The van der Waals surface area contributed by atoms with E-state index in [9.17, 15) is 9.90 Å². The van der Waals surface area contributed by atoms with Crippen LogP contribution in [0.25, 0.3) is 5.57 Å². The van der Waals surface area contributed by atoms with Crippen molar-refractivity contribution >= 4 is 11.5 Å². The van der Waals surface area contributed by atoms with Gasteiger partial charge >= 0.3 is 0 Å². The zero-order valence-corrected chi connectivity index (χ0v) is 15.6. The lowest BCUT2D eigenvalue weighted by atomic mass is 10.0. The molecule has 1 atom stereocenters. The molecule has 0 bridgehead atoms. The summed E-state index contributed by atoms with van der Waals surface area (Å²) in [6.07, 6.45) is 3.50. The number of carbonyl (C=O) groups is 1. The van der Waals surface area contributed by atoms with Crippen LogP contribution in [0.5, 0.6) is 5.75 Å². The Morgan fingerprint density at radius 3 is 2.32 bits per heavy atom. The van der Waals surface area contributed by atoms with E-state index in [4.69, 9.17) is 4.74 Å². The van der Waals surface area contributed by atoms with Gasteiger partial charge in [-0.3, -0.25) is 9.69 Å². The van der Waals surface area contributed by atoms with Crippen LogP contribution in [-0.2, 0) is 4.79 Å². The van der Waals surface area contributed by atoms with Gasteiger partial charge in [-0.15, -0.1) is 0 Å². The van der Waals surface area contributed by atoms with Crippen molar-refractivity contribution < 1.29 is 14.6 Å². The van der Waals surface area contributed by atoms with Crippen molar-refractivity contribution in [2.45, 2.75) is 32.7 Å². The van der Waals surface area contributed by atoms with Gasteiger partial charge in [0, 0.05) is 38.3 Å². The minimum atomic E-state index is 0.0735. The van der Waals surface area contributed by atoms with E-state index in [2.05, 4.69) is 18.7 Å². The fourth-order valence-corrected chi connectivity index (χ4v) is 3.25. The fraction of sp³-hybridized carbons (Fsp3) is 0.550. The molecule has 2 rings (SSSR count). The Bertz CT molecular complexity index is 571. The first kappa shape index (κ1) is 19.5. The number of methoxy groups -OCH3 is 1. The number of hydrogen-bond donors (Lipinski definition) is 1. The number of allylic oxidation sites excluding steroid dienone is 1. The molecule has 1 aliphatic rings. The average Bonchev–Trinajstić information content (AvgIpc) is 2.67. The van der Waals surface area contributed by atoms with Gasteiger partial charge in [0.25, 0.3) is 0 Å². The zero-order valence-electron chi connectivity index (χ0n) is 15.6. The Balaban J connectivity index is 2.00. The molecular formula is C20H30N2O3. The maximum absolute atomic E-state index is 12.6. The molecule has 1 saturated heterocycles. The SMILES string of the molecule is CC/C(=C/C(=O)N1CCN(C(CC)CO)CC1)c1ccc(OC)cc1. The molecule has 138 valence electrons. The number of rotatable bonds is 7. The van der Waals surface area contributed by atoms with Crippen LogP contribution >= 0.6 is 0 Å². The second-order valence-electron chi connectivity index (χ2n) is 6.36. The van der Waals surface area contributed by atoms with Crippen molar-refractivity contribution in [3.05, 3.63) is 35.9 Å². The largest absolute Gasteiger partial charge is 0.497 e. The van der Waals surface area contributed by atoms with Crippen LogP contribution in [0.2, 0.25) is 0 Å². The summed E-state index contributed by atoms with van der Waals surface area (Å²) < 4.78 is 5.19. The molecular weight excluding hydrogens is 316 g/mol. The lowest BCUT2D eigenvalue weighted by Crippen LogP contribution is -2.52. The van der Waals surface area contributed by atoms with E-state index in [0.717, 1.165) is 42.8 Å². The molecule has 1 aromatic rings. The number of benzene rings is 1. The van der Waals surface area contributed by atoms with Crippen molar-refractivity contribution in [1.82, 2.24) is 9.80 Å². The summed E-state index contributed by atoms with van der Waals surface area (Å²) in [5.41, 5.74) is 2.10. The number of ether oxygens (including phenoxy) is 1. The summed E-state index contributed by atoms with van der Waals surface area (Å²) in [6.45, 7) is 7.40. The smallest absolute Gasteiger partial charge is 0.246 e. The third-order valence-electron chi connectivity index (χ3n) is 4.96. The number of nitrogens with zero attached hydrogens (tertiary/aromatic N) is 2. The topological polar surface area (TPSA) is 53.0 Å². The third-order valence-corrected chi connectivity index (χ3v) is 4.96. The summed E-state index contributed by atoms with van der Waals surface area (Å²) in [5, 5.41) is 9.43. The first-order valence-electron chi connectivity index (χ1n) is 9.11. The van der Waals surface area contributed by atoms with E-state index in [1.165, 1.54) is 0 Å². The summed E-state index contributed by atoms with van der Waals surface area (Å²) in [4.78, 5) is 16.8. The van der Waals surface area contributed by atoms with Crippen LogP contribution in [0.15, 0.2) is 30.3 Å². The number of amides is 1. The van der Waals surface area contributed by atoms with Crippen molar-refractivity contribution in [2.75, 3.05) is 39.9 Å². The molecule has 1 aromatic carbocycles. The summed E-state index contributed by atoms with van der Waals surface area (Å²) in [7, 11) is 1.65. The molecule has 25 heavy (non-hydrogen) atoms. The predicted octanol–water partition coefficient (Wildman–Crippen LogP) is 2.40. The van der Waals surface area contributed by atoms with Gasteiger partial charge in [-0.05, 0) is 36.1 Å². The van der Waals surface area contributed by atoms with Gasteiger partial charge in [-0.25, -0.2) is 0 Å². The number of hydrogen-bond acceptors (Lipinski definition) is 4. The van der Waals surface area contributed by atoms with E-state index in [-0.39, 0.29) is 18.6 Å². The predicted molar refractivity (Wildman–Crippen MR) is 101 cm³/mol. The number of piperazine rings is 1. The van der Waals surface area contributed by atoms with E-state index >= 15 is 0 Å². The normalized spacial score (nSPS) is 17.4. The van der Waals surface area contributed by atoms with Crippen LogP contribution in [0, 0.1) is 0 Å². The minimum Gasteiger partial charge on any atom is -0.497 e. The molecule has 1 aliphatic heterocycles. The van der Waals surface area contributed by atoms with Gasteiger partial charge in [-0.1, -0.05) is 26.0 Å². The molecule has 5 nitrogen and oxygen atoms in total. The first-order valence-corrected chi connectivity index (χ1v) is 9.11. The maximum Gasteiger partial charge on any atom is 0.246 e. The highest BCUT2D eigenvalue weighted by molar-refractivity contribution is 5.95. The summed E-state index contributed by atoms with van der Waals surface area (Å²) >= 11 is 0. The van der Waals surface area contributed by atoms with E-state index in [1.807, 2.05) is 29.2 Å². The Morgan fingerprint density at radius 2 is 1.84 bits per heavy atom. The Labute approximate surface area is 150 Å². The van der Waals surface area contributed by atoms with E-state index in [1.54, 1.807) is 13.2 Å². The monoisotopic (exact) mass is 346 g/mol. The van der Waals surface area contributed by atoms with Gasteiger partial charge < -0.3 is 14.7 Å². The second kappa shape index (κ2) is 9.59. The van der Waals surface area contributed by atoms with E-state index in [0.29, 0.717) is 13.1 Å². The van der Waals surface area contributed by atoms with Gasteiger partial charge in [0.1, 0.15) is 5.75 Å². The molecule has 1 N–H and O–H groups in total. The Hall–Kier alpha value is -1.85. The number of aliphatic hydroxyl groups is 1. The summed E-state index contributed by atoms with van der Waals surface area (Å²) in [6, 6.07) is 8.03. The highest BCUT2D eigenvalue weighted by Gasteiger charge is 2.24. The molecule has 1 heterocycles. The lowest BCUT2D eigenvalue weighted by molar-refractivity contribution is -0.128. The molecule has 0 saturated carbocycles. The Kier molecular flexibility index (Phi) is 7.47.